The van der Waals surface area contributed by atoms with Crippen molar-refractivity contribution in [3.8, 4) is 17.2 Å². The van der Waals surface area contributed by atoms with Crippen LogP contribution in [0.4, 0.5) is 0 Å². The van der Waals surface area contributed by atoms with Crippen LogP contribution in [0, 0.1) is 11.8 Å². The number of nitrogens with zero attached hydrogens (tertiary/aromatic N) is 1. The second-order valence-electron chi connectivity index (χ2n) is 15.6. The molecule has 60 heavy (non-hydrogen) atoms. The highest BCUT2D eigenvalue weighted by Crippen LogP contribution is 2.45. The number of amides is 1. The number of ether oxygens (including phenoxy) is 9. The van der Waals surface area contributed by atoms with Crippen molar-refractivity contribution in [3.63, 3.8) is 0 Å². The third-order valence-corrected chi connectivity index (χ3v) is 12.1. The maximum absolute atomic E-state index is 13.7. The first kappa shape index (κ1) is 47.5. The number of halogens is 1. The molecule has 3 aromatic rings. The van der Waals surface area contributed by atoms with E-state index < -0.39 is 48.3 Å². The molecule has 13 nitrogen and oxygen atoms in total. The zero-order valence-corrected chi connectivity index (χ0v) is 37.0. The number of hydrogen-bond donors (Lipinski definition) is 1. The number of aliphatic hydroxyl groups is 1. The van der Waals surface area contributed by atoms with Gasteiger partial charge < -0.3 is 47.7 Å². The SMILES string of the molecule is COc1ccc(CO[C@@H]2[C@@H](C)[C@H]([C@H](OCc3ccc(OC)cc3)[C@@]3(OC)C[C@H](O)[C@@H](C)[C@@H](CCCCCl)O3)O[C@H](CC(=O)N(C)OC)[C@H]2OCc2ccc(OC)cc2)cc1. The lowest BCUT2D eigenvalue weighted by atomic mass is 9.78. The largest absolute Gasteiger partial charge is 0.497 e. The second kappa shape index (κ2) is 23.1. The molecule has 0 spiro atoms. The van der Waals surface area contributed by atoms with E-state index in [1.807, 2.05) is 86.6 Å². The molecule has 0 bridgehead atoms. The molecule has 0 aliphatic carbocycles. The second-order valence-corrected chi connectivity index (χ2v) is 16.0. The molecule has 332 valence electrons. The topological polar surface area (TPSA) is 133 Å². The van der Waals surface area contributed by atoms with E-state index in [4.69, 9.17) is 59.1 Å². The molecule has 1 N–H and O–H groups in total. The van der Waals surface area contributed by atoms with Gasteiger partial charge >= 0.3 is 0 Å². The van der Waals surface area contributed by atoms with Crippen molar-refractivity contribution in [1.82, 2.24) is 5.06 Å². The molecule has 10 atom stereocenters. The summed E-state index contributed by atoms with van der Waals surface area (Å²) in [5, 5.41) is 12.9. The number of carbonyl (C=O) groups excluding carboxylic acids is 1. The Labute approximate surface area is 360 Å². The van der Waals surface area contributed by atoms with Crippen molar-refractivity contribution in [2.75, 3.05) is 48.5 Å². The highest BCUT2D eigenvalue weighted by molar-refractivity contribution is 6.17. The van der Waals surface area contributed by atoms with E-state index in [1.165, 1.54) is 12.2 Å². The Hall–Kier alpha value is -3.50. The Morgan fingerprint density at radius 1 is 0.767 bits per heavy atom. The van der Waals surface area contributed by atoms with E-state index >= 15 is 0 Å². The lowest BCUT2D eigenvalue weighted by Gasteiger charge is -2.54. The number of hydrogen-bond acceptors (Lipinski definition) is 12. The first-order valence-corrected chi connectivity index (χ1v) is 21.2. The van der Waals surface area contributed by atoms with E-state index in [9.17, 15) is 9.90 Å². The number of aliphatic hydroxyl groups excluding tert-OH is 1. The molecule has 2 saturated heterocycles. The standard InChI is InChI=1S/C46H64ClNO12/c1-30-38(49)26-46(54-7,60-39(30)11-9-10-24-47)45(58-29-34-16-22-37(53-6)23-17-34)43-31(2)42(56-27-32-12-18-35(51-4)19-13-32)44(40(59-43)25-41(50)48(3)55-8)57-28-33-14-20-36(52-5)21-15-33/h12-23,30-31,38-40,42-45,49H,9-11,24-29H2,1-8H3/t30-,31-,38+,39-,40-,42-,43-,44-,45+,46-/m1/s1. The van der Waals surface area contributed by atoms with Gasteiger partial charge in [0.2, 0.25) is 5.91 Å². The zero-order valence-electron chi connectivity index (χ0n) is 36.3. The highest BCUT2D eigenvalue weighted by atomic mass is 35.5. The van der Waals surface area contributed by atoms with Crippen molar-refractivity contribution >= 4 is 17.5 Å². The number of carbonyl (C=O) groups is 1. The first-order chi connectivity index (χ1) is 29.0. The number of alkyl halides is 1. The molecule has 0 saturated carbocycles. The van der Waals surface area contributed by atoms with Gasteiger partial charge in [-0.2, -0.15) is 0 Å². The van der Waals surface area contributed by atoms with Crippen molar-refractivity contribution < 1.29 is 57.4 Å². The number of rotatable bonds is 22. The molecule has 0 unspecified atom stereocenters. The predicted octanol–water partition coefficient (Wildman–Crippen LogP) is 7.12. The van der Waals surface area contributed by atoms with E-state index in [1.54, 1.807) is 35.5 Å². The van der Waals surface area contributed by atoms with Crippen LogP contribution in [0.2, 0.25) is 0 Å². The zero-order chi connectivity index (χ0) is 43.2. The third kappa shape index (κ3) is 12.1. The van der Waals surface area contributed by atoms with E-state index in [-0.39, 0.29) is 50.6 Å². The van der Waals surface area contributed by atoms with Crippen LogP contribution in [0.25, 0.3) is 0 Å². The van der Waals surface area contributed by atoms with E-state index in [0.29, 0.717) is 18.1 Å². The van der Waals surface area contributed by atoms with Crippen LogP contribution in [0.1, 0.15) is 62.6 Å². The summed E-state index contributed by atoms with van der Waals surface area (Å²) in [7, 11) is 9.43. The fourth-order valence-electron chi connectivity index (χ4n) is 8.00. The Balaban J connectivity index is 1.58. The van der Waals surface area contributed by atoms with Crippen LogP contribution in [-0.2, 0) is 57.9 Å². The summed E-state index contributed by atoms with van der Waals surface area (Å²) in [5.41, 5.74) is 2.69. The molecular formula is C46H64ClNO12. The Morgan fingerprint density at radius 2 is 1.28 bits per heavy atom. The minimum Gasteiger partial charge on any atom is -0.497 e. The average molecular weight is 858 g/mol. The molecule has 1 amide bonds. The van der Waals surface area contributed by atoms with Crippen LogP contribution >= 0.6 is 11.6 Å². The Kier molecular flexibility index (Phi) is 18.3. The van der Waals surface area contributed by atoms with Gasteiger partial charge in [-0.25, -0.2) is 5.06 Å². The molecule has 3 aromatic carbocycles. The Morgan fingerprint density at radius 3 is 1.77 bits per heavy atom. The summed E-state index contributed by atoms with van der Waals surface area (Å²) in [6, 6.07) is 22.9. The third-order valence-electron chi connectivity index (χ3n) is 11.8. The fourth-order valence-corrected chi connectivity index (χ4v) is 8.19. The van der Waals surface area contributed by atoms with Gasteiger partial charge in [-0.3, -0.25) is 9.63 Å². The maximum Gasteiger partial charge on any atom is 0.248 e. The normalized spacial score (nSPS) is 27.2. The molecule has 14 heteroatoms. The lowest BCUT2D eigenvalue weighted by molar-refractivity contribution is -0.369. The lowest BCUT2D eigenvalue weighted by Crippen LogP contribution is -2.67. The molecule has 2 aliphatic heterocycles. The molecule has 0 aromatic heterocycles. The molecule has 5 rings (SSSR count). The van der Waals surface area contributed by atoms with Gasteiger partial charge in [-0.05, 0) is 72.4 Å². The van der Waals surface area contributed by atoms with Crippen LogP contribution in [0.3, 0.4) is 0 Å². The van der Waals surface area contributed by atoms with Crippen LogP contribution < -0.4 is 14.2 Å². The summed E-state index contributed by atoms with van der Waals surface area (Å²) in [4.78, 5) is 19.1. The van der Waals surface area contributed by atoms with Crippen LogP contribution in [0.15, 0.2) is 72.8 Å². The smallest absolute Gasteiger partial charge is 0.248 e. The number of hydroxylamine groups is 2. The van der Waals surface area contributed by atoms with Crippen molar-refractivity contribution in [2.24, 2.45) is 11.8 Å². The van der Waals surface area contributed by atoms with Gasteiger partial charge in [0.05, 0.1) is 85.2 Å². The minimum atomic E-state index is -1.46. The van der Waals surface area contributed by atoms with Gasteiger partial charge in [-0.1, -0.05) is 50.2 Å². The fraction of sp³-hybridized carbons (Fsp3) is 0.587. The number of methoxy groups -OCH3 is 4. The van der Waals surface area contributed by atoms with Crippen molar-refractivity contribution in [2.45, 2.75) is 114 Å². The van der Waals surface area contributed by atoms with Crippen molar-refractivity contribution in [3.05, 3.63) is 89.5 Å². The first-order valence-electron chi connectivity index (χ1n) is 20.7. The molecule has 2 fully saturated rings. The number of unbranched alkanes of at least 4 members (excludes halogenated alkanes) is 1. The van der Waals surface area contributed by atoms with Crippen molar-refractivity contribution in [1.29, 1.82) is 0 Å². The van der Waals surface area contributed by atoms with Crippen LogP contribution in [-0.4, -0.2) is 113 Å². The summed E-state index contributed by atoms with van der Waals surface area (Å²) in [5.74, 6) is 0.299. The minimum absolute atomic E-state index is 0.101. The van der Waals surface area contributed by atoms with E-state index in [0.717, 1.165) is 41.0 Å². The molecule has 2 aliphatic rings. The van der Waals surface area contributed by atoms with Gasteiger partial charge in [0.25, 0.3) is 0 Å². The molecule has 2 heterocycles. The quantitative estimate of drug-likeness (QED) is 0.0627. The van der Waals surface area contributed by atoms with Gasteiger partial charge in [0, 0.05) is 38.3 Å². The Bertz CT molecular complexity index is 1720. The summed E-state index contributed by atoms with van der Waals surface area (Å²) < 4.78 is 57.4. The molecular weight excluding hydrogens is 794 g/mol. The van der Waals surface area contributed by atoms with Gasteiger partial charge in [-0.15, -0.1) is 11.6 Å². The highest BCUT2D eigenvalue weighted by Gasteiger charge is 2.58. The predicted molar refractivity (Wildman–Crippen MR) is 226 cm³/mol. The van der Waals surface area contributed by atoms with Gasteiger partial charge in [0.15, 0.2) is 5.79 Å². The van der Waals surface area contributed by atoms with E-state index in [2.05, 4.69) is 0 Å². The number of benzene rings is 3. The summed E-state index contributed by atoms with van der Waals surface area (Å²) >= 11 is 6.08. The summed E-state index contributed by atoms with van der Waals surface area (Å²) in [6.45, 7) is 4.61. The monoisotopic (exact) mass is 857 g/mol. The summed E-state index contributed by atoms with van der Waals surface area (Å²) in [6.07, 6.45) is -2.77. The van der Waals surface area contributed by atoms with Gasteiger partial charge in [0.1, 0.15) is 29.5 Å². The average Bonchev–Trinajstić information content (AvgIpc) is 3.28. The van der Waals surface area contributed by atoms with Crippen LogP contribution in [0.5, 0.6) is 17.2 Å². The maximum atomic E-state index is 13.7. The molecule has 0 radical (unpaired) electrons.